The van der Waals surface area contributed by atoms with Crippen LogP contribution in [0.25, 0.3) is 16.7 Å². The zero-order chi connectivity index (χ0) is 23.8. The van der Waals surface area contributed by atoms with Crippen molar-refractivity contribution in [3.05, 3.63) is 59.2 Å². The molecule has 2 aromatic carbocycles. The lowest BCUT2D eigenvalue weighted by atomic mass is 9.80. The van der Waals surface area contributed by atoms with Crippen molar-refractivity contribution in [3.8, 4) is 11.4 Å². The number of carbonyl (C=O) groups is 1. The second-order valence-corrected chi connectivity index (χ2v) is 10.4. The van der Waals surface area contributed by atoms with Gasteiger partial charge < -0.3 is 9.84 Å². The van der Waals surface area contributed by atoms with Crippen molar-refractivity contribution in [2.45, 2.75) is 65.7 Å². The van der Waals surface area contributed by atoms with Crippen LogP contribution in [0.4, 0.5) is 0 Å². The summed E-state index contributed by atoms with van der Waals surface area (Å²) in [6.07, 6.45) is 0.570. The third-order valence-corrected chi connectivity index (χ3v) is 5.40. The first kappa shape index (κ1) is 23.5. The number of fused-ring (bicyclic) bond motifs is 1. The average Bonchev–Trinajstić information content (AvgIpc) is 3.09. The number of phenols is 1. The summed E-state index contributed by atoms with van der Waals surface area (Å²) in [6, 6.07) is 9.81. The molecule has 0 radical (unpaired) electrons. The smallest absolute Gasteiger partial charge is 0.333 e. The highest BCUT2D eigenvalue weighted by molar-refractivity contribution is 5.86. The lowest BCUT2D eigenvalue weighted by Gasteiger charge is -2.27. The second kappa shape index (κ2) is 8.41. The Hall–Kier alpha value is -3.15. The molecule has 3 aromatic rings. The van der Waals surface area contributed by atoms with Crippen molar-refractivity contribution in [1.29, 1.82) is 0 Å². The van der Waals surface area contributed by atoms with Crippen LogP contribution in [0.3, 0.4) is 0 Å². The van der Waals surface area contributed by atoms with Crippen LogP contribution in [-0.2, 0) is 26.8 Å². The summed E-state index contributed by atoms with van der Waals surface area (Å²) in [5, 5.41) is 20.4. The van der Waals surface area contributed by atoms with Crippen molar-refractivity contribution in [2.75, 3.05) is 6.61 Å². The number of aromatic hydroxyl groups is 1. The van der Waals surface area contributed by atoms with E-state index in [1.54, 1.807) is 6.92 Å². The second-order valence-electron chi connectivity index (χ2n) is 10.4. The summed E-state index contributed by atoms with van der Waals surface area (Å²) in [4.78, 5) is 13.1. The van der Waals surface area contributed by atoms with E-state index in [9.17, 15) is 9.90 Å². The summed E-state index contributed by atoms with van der Waals surface area (Å²) in [5.41, 5.74) is 5.02. The number of ether oxygens (including phenoxy) is 1. The Labute approximate surface area is 189 Å². The molecule has 0 atom stereocenters. The number of phenolic OH excluding ortho intramolecular Hbond substituents is 1. The molecule has 0 aliphatic heterocycles. The van der Waals surface area contributed by atoms with Crippen LogP contribution < -0.4 is 0 Å². The first-order chi connectivity index (χ1) is 14.8. The van der Waals surface area contributed by atoms with Crippen LogP contribution in [0, 0.1) is 0 Å². The number of hydrogen-bond acceptors (Lipinski definition) is 5. The fourth-order valence-electron chi connectivity index (χ4n) is 3.38. The molecule has 0 aliphatic rings. The molecule has 0 bridgehead atoms. The molecular weight excluding hydrogens is 402 g/mol. The Morgan fingerprint density at radius 3 is 2.28 bits per heavy atom. The predicted molar refractivity (Wildman–Crippen MR) is 127 cm³/mol. The Balaban J connectivity index is 1.99. The van der Waals surface area contributed by atoms with Gasteiger partial charge in [-0.1, -0.05) is 60.3 Å². The largest absolute Gasteiger partial charge is 0.505 e. The SMILES string of the molecule is C=C(C)C(=O)OCCc1ccc2nn(-c3cc(C(C)(C)C)cc(C(C)(C)C)c3O)nc2c1. The third kappa shape index (κ3) is 5.01. The lowest BCUT2D eigenvalue weighted by Crippen LogP contribution is -2.18. The highest BCUT2D eigenvalue weighted by Crippen LogP contribution is 2.39. The maximum absolute atomic E-state index is 11.6. The number of benzene rings is 2. The Morgan fingerprint density at radius 1 is 1.03 bits per heavy atom. The topological polar surface area (TPSA) is 77.2 Å². The predicted octanol–water partition coefficient (Wildman–Crippen LogP) is 5.38. The first-order valence-electron chi connectivity index (χ1n) is 10.8. The van der Waals surface area contributed by atoms with Crippen LogP contribution in [0.2, 0.25) is 0 Å². The quantitative estimate of drug-likeness (QED) is 0.430. The van der Waals surface area contributed by atoms with Crippen molar-refractivity contribution in [1.82, 2.24) is 15.0 Å². The normalized spacial score (nSPS) is 12.2. The minimum absolute atomic E-state index is 0.0938. The van der Waals surface area contributed by atoms with Crippen LogP contribution in [0.5, 0.6) is 5.75 Å². The molecule has 0 saturated carbocycles. The van der Waals surface area contributed by atoms with E-state index in [0.717, 1.165) is 22.2 Å². The molecule has 3 rings (SSSR count). The standard InChI is InChI=1S/C26H33N3O3/c1-16(2)24(31)32-12-11-17-9-10-20-21(13-17)28-29(27-20)22-15-18(25(3,4)5)14-19(23(22)30)26(6,7)8/h9-10,13-15,30H,1,11-12H2,2-8H3. The molecular formula is C26H33N3O3. The van der Waals surface area contributed by atoms with Gasteiger partial charge in [-0.15, -0.1) is 15.0 Å². The van der Waals surface area contributed by atoms with Gasteiger partial charge in [0.15, 0.2) is 0 Å². The number of aromatic nitrogens is 3. The van der Waals surface area contributed by atoms with Crippen molar-refractivity contribution >= 4 is 17.0 Å². The number of carbonyl (C=O) groups excluding carboxylic acids is 1. The van der Waals surface area contributed by atoms with E-state index >= 15 is 0 Å². The summed E-state index contributed by atoms with van der Waals surface area (Å²) >= 11 is 0. The Bertz CT molecular complexity index is 1180. The number of hydrogen-bond donors (Lipinski definition) is 1. The van der Waals surface area contributed by atoms with Crippen molar-refractivity contribution in [2.24, 2.45) is 0 Å². The minimum Gasteiger partial charge on any atom is -0.505 e. The maximum Gasteiger partial charge on any atom is 0.333 e. The molecule has 0 fully saturated rings. The van der Waals surface area contributed by atoms with E-state index < -0.39 is 0 Å². The Kier molecular flexibility index (Phi) is 6.18. The fraction of sp³-hybridized carbons (Fsp3) is 0.423. The van der Waals surface area contributed by atoms with Gasteiger partial charge in [-0.2, -0.15) is 0 Å². The van der Waals surface area contributed by atoms with E-state index in [-0.39, 0.29) is 29.2 Å². The molecule has 32 heavy (non-hydrogen) atoms. The summed E-state index contributed by atoms with van der Waals surface area (Å²) in [7, 11) is 0. The van der Waals surface area contributed by atoms with Gasteiger partial charge >= 0.3 is 5.97 Å². The number of esters is 1. The van der Waals surface area contributed by atoms with Gasteiger partial charge in [0.2, 0.25) is 0 Å². The fourth-order valence-corrected chi connectivity index (χ4v) is 3.38. The van der Waals surface area contributed by atoms with Crippen LogP contribution >= 0.6 is 0 Å². The molecule has 1 N–H and O–H groups in total. The number of nitrogens with zero attached hydrogens (tertiary/aromatic N) is 3. The lowest BCUT2D eigenvalue weighted by molar-refractivity contribution is -0.138. The molecule has 0 aliphatic carbocycles. The summed E-state index contributed by atoms with van der Waals surface area (Å²) in [6.45, 7) is 18.2. The highest BCUT2D eigenvalue weighted by atomic mass is 16.5. The molecule has 0 spiro atoms. The van der Waals surface area contributed by atoms with Gasteiger partial charge in [-0.3, -0.25) is 0 Å². The van der Waals surface area contributed by atoms with Crippen LogP contribution in [-0.4, -0.2) is 32.7 Å². The monoisotopic (exact) mass is 435 g/mol. The van der Waals surface area contributed by atoms with Gasteiger partial charge in [0.1, 0.15) is 22.5 Å². The molecule has 1 heterocycles. The van der Waals surface area contributed by atoms with Gasteiger partial charge in [0.25, 0.3) is 0 Å². The molecule has 0 unspecified atom stereocenters. The van der Waals surface area contributed by atoms with Crippen molar-refractivity contribution in [3.63, 3.8) is 0 Å². The third-order valence-electron chi connectivity index (χ3n) is 5.40. The highest BCUT2D eigenvalue weighted by Gasteiger charge is 2.26. The van der Waals surface area contributed by atoms with E-state index in [1.165, 1.54) is 4.80 Å². The molecule has 0 saturated heterocycles. The van der Waals surface area contributed by atoms with Gasteiger partial charge in [-0.05, 0) is 47.1 Å². The number of rotatable bonds is 5. The summed E-state index contributed by atoms with van der Waals surface area (Å²) in [5.74, 6) is -0.196. The van der Waals surface area contributed by atoms with Crippen LogP contribution in [0.15, 0.2) is 42.5 Å². The van der Waals surface area contributed by atoms with E-state index in [1.807, 2.05) is 24.3 Å². The average molecular weight is 436 g/mol. The Morgan fingerprint density at radius 2 is 1.69 bits per heavy atom. The van der Waals surface area contributed by atoms with Crippen molar-refractivity contribution < 1.29 is 14.6 Å². The van der Waals surface area contributed by atoms with Gasteiger partial charge in [0.05, 0.1) is 6.61 Å². The molecule has 170 valence electrons. The zero-order valence-corrected chi connectivity index (χ0v) is 20.1. The first-order valence-corrected chi connectivity index (χ1v) is 10.8. The molecule has 0 amide bonds. The van der Waals surface area contributed by atoms with E-state index in [2.05, 4.69) is 64.4 Å². The zero-order valence-electron chi connectivity index (χ0n) is 20.1. The van der Waals surface area contributed by atoms with Crippen LogP contribution in [0.1, 0.15) is 65.2 Å². The van der Waals surface area contributed by atoms with Gasteiger partial charge in [0, 0.05) is 17.6 Å². The maximum atomic E-state index is 11.6. The molecule has 6 heteroatoms. The summed E-state index contributed by atoms with van der Waals surface area (Å²) < 4.78 is 5.19. The van der Waals surface area contributed by atoms with E-state index in [4.69, 9.17) is 4.74 Å². The molecule has 1 aromatic heterocycles. The van der Waals surface area contributed by atoms with Gasteiger partial charge in [-0.25, -0.2) is 4.79 Å². The van der Waals surface area contributed by atoms with E-state index in [0.29, 0.717) is 23.2 Å². The molecule has 6 nitrogen and oxygen atoms in total. The minimum atomic E-state index is -0.388.